The average Bonchev–Trinajstić information content (AvgIpc) is 2.99. The van der Waals surface area contributed by atoms with E-state index >= 15 is 0 Å². The molecule has 9 nitrogen and oxygen atoms in total. The fourth-order valence-electron chi connectivity index (χ4n) is 2.59. The van der Waals surface area contributed by atoms with Crippen LogP contribution in [0.2, 0.25) is 0 Å². The summed E-state index contributed by atoms with van der Waals surface area (Å²) >= 11 is 4.92. The molecule has 22 heavy (non-hydrogen) atoms. The molecule has 0 spiro atoms. The molecule has 4 atom stereocenters. The van der Waals surface area contributed by atoms with E-state index in [1.807, 2.05) is 0 Å². The van der Waals surface area contributed by atoms with Gasteiger partial charge < -0.3 is 25.8 Å². The Balaban J connectivity index is 2.12. The quantitative estimate of drug-likeness (QED) is 0.494. The highest BCUT2D eigenvalue weighted by Crippen LogP contribution is 2.39. The van der Waals surface area contributed by atoms with E-state index in [1.54, 1.807) is 0 Å². The van der Waals surface area contributed by atoms with Gasteiger partial charge in [-0.1, -0.05) is 12.2 Å². The Morgan fingerprint density at radius 1 is 1.50 bits per heavy atom. The first kappa shape index (κ1) is 15.2. The molecular formula is C12H15N5O4S. The third-order valence-electron chi connectivity index (χ3n) is 3.78. The molecular weight excluding hydrogens is 310 g/mol. The van der Waals surface area contributed by atoms with Gasteiger partial charge in [-0.25, -0.2) is 15.0 Å². The predicted octanol–water partition coefficient (Wildman–Crippen LogP) is -1.54. The van der Waals surface area contributed by atoms with Crippen LogP contribution < -0.4 is 5.73 Å². The van der Waals surface area contributed by atoms with Gasteiger partial charge in [-0.05, 0) is 6.92 Å². The van der Waals surface area contributed by atoms with Crippen molar-refractivity contribution in [2.75, 3.05) is 6.61 Å². The standard InChI is InChI=1S/C12H15N5O4S/c1-12(20)8(19)5(2-18)21-11(12)17-4-16-7-6(9(13)22)14-3-15-10(7)17/h3-5,8,11,18-20H,2H2,1H3,(H2,13,22)/t5?,8-,11?,12+/m1/s1. The van der Waals surface area contributed by atoms with Gasteiger partial charge in [0.1, 0.15) is 40.3 Å². The molecule has 0 amide bonds. The number of aliphatic hydroxyl groups is 3. The molecule has 10 heteroatoms. The van der Waals surface area contributed by atoms with Crippen LogP contribution >= 0.6 is 12.2 Å². The highest BCUT2D eigenvalue weighted by molar-refractivity contribution is 7.80. The van der Waals surface area contributed by atoms with Gasteiger partial charge in [0.05, 0.1) is 12.9 Å². The Morgan fingerprint density at radius 2 is 2.23 bits per heavy atom. The van der Waals surface area contributed by atoms with Gasteiger partial charge in [0.15, 0.2) is 11.9 Å². The van der Waals surface area contributed by atoms with Crippen LogP contribution in [0.15, 0.2) is 12.7 Å². The number of rotatable bonds is 3. The molecule has 0 radical (unpaired) electrons. The minimum absolute atomic E-state index is 0.0741. The van der Waals surface area contributed by atoms with Crippen LogP contribution in [0.3, 0.4) is 0 Å². The number of imidazole rings is 1. The van der Waals surface area contributed by atoms with Crippen molar-refractivity contribution in [3.05, 3.63) is 18.3 Å². The van der Waals surface area contributed by atoms with E-state index in [1.165, 1.54) is 24.1 Å². The lowest BCUT2D eigenvalue weighted by Gasteiger charge is -2.27. The third kappa shape index (κ3) is 2.08. The topological polar surface area (TPSA) is 140 Å². The van der Waals surface area contributed by atoms with E-state index in [9.17, 15) is 15.3 Å². The molecule has 1 saturated heterocycles. The van der Waals surface area contributed by atoms with Crippen LogP contribution in [0.25, 0.3) is 11.2 Å². The smallest absolute Gasteiger partial charge is 0.168 e. The van der Waals surface area contributed by atoms with Gasteiger partial charge in [0, 0.05) is 0 Å². The summed E-state index contributed by atoms with van der Waals surface area (Å²) in [6, 6.07) is 0. The number of thiocarbonyl (C=S) groups is 1. The lowest BCUT2D eigenvalue weighted by Crippen LogP contribution is -2.44. The van der Waals surface area contributed by atoms with E-state index in [4.69, 9.17) is 22.7 Å². The van der Waals surface area contributed by atoms with Crippen LogP contribution in [0, 0.1) is 0 Å². The molecule has 5 N–H and O–H groups in total. The van der Waals surface area contributed by atoms with E-state index in [2.05, 4.69) is 15.0 Å². The SMILES string of the molecule is C[C@@]1(O)C(n2cnc3c(C(N)=S)ncnc32)OC(CO)[C@H]1O. The summed E-state index contributed by atoms with van der Waals surface area (Å²) in [6.45, 7) is 0.993. The Bertz CT molecular complexity index is 733. The fourth-order valence-corrected chi connectivity index (χ4v) is 2.74. The number of fused-ring (bicyclic) bond motifs is 1. The third-order valence-corrected chi connectivity index (χ3v) is 3.97. The lowest BCUT2D eigenvalue weighted by molar-refractivity contribution is -0.0950. The molecule has 3 heterocycles. The van der Waals surface area contributed by atoms with E-state index < -0.39 is 30.6 Å². The van der Waals surface area contributed by atoms with Crippen molar-refractivity contribution in [3.8, 4) is 0 Å². The second-order valence-corrected chi connectivity index (χ2v) is 5.73. The number of ether oxygens (including phenoxy) is 1. The summed E-state index contributed by atoms with van der Waals surface area (Å²) in [5.41, 5.74) is 5.01. The highest BCUT2D eigenvalue weighted by atomic mass is 32.1. The summed E-state index contributed by atoms with van der Waals surface area (Å²) in [7, 11) is 0. The van der Waals surface area contributed by atoms with Gasteiger partial charge >= 0.3 is 0 Å². The molecule has 1 fully saturated rings. The zero-order valence-electron chi connectivity index (χ0n) is 11.6. The molecule has 0 saturated carbocycles. The number of aromatic nitrogens is 4. The Morgan fingerprint density at radius 3 is 2.82 bits per heavy atom. The maximum absolute atomic E-state index is 10.5. The van der Waals surface area contributed by atoms with E-state index in [0.29, 0.717) is 16.9 Å². The monoisotopic (exact) mass is 325 g/mol. The first-order valence-electron chi connectivity index (χ1n) is 6.52. The summed E-state index contributed by atoms with van der Waals surface area (Å²) in [5, 5.41) is 29.8. The molecule has 2 aromatic heterocycles. The summed E-state index contributed by atoms with van der Waals surface area (Å²) in [6.07, 6.45) is -0.462. The molecule has 0 aliphatic carbocycles. The Hall–Kier alpha value is -1.72. The van der Waals surface area contributed by atoms with E-state index in [-0.39, 0.29) is 4.99 Å². The molecule has 1 aliphatic heterocycles. The fraction of sp³-hybridized carbons (Fsp3) is 0.500. The summed E-state index contributed by atoms with van der Waals surface area (Å²) < 4.78 is 7.00. The highest BCUT2D eigenvalue weighted by Gasteiger charge is 2.53. The number of aliphatic hydroxyl groups excluding tert-OH is 2. The number of nitrogens with zero attached hydrogens (tertiary/aromatic N) is 4. The van der Waals surface area contributed by atoms with Crippen molar-refractivity contribution >= 4 is 28.4 Å². The summed E-state index contributed by atoms with van der Waals surface area (Å²) in [5.74, 6) is 0. The normalized spacial score (nSPS) is 31.7. The van der Waals surface area contributed by atoms with Gasteiger partial charge in [-0.15, -0.1) is 0 Å². The molecule has 0 bridgehead atoms. The molecule has 3 rings (SSSR count). The predicted molar refractivity (Wildman–Crippen MR) is 78.8 cm³/mol. The van der Waals surface area contributed by atoms with Gasteiger partial charge in [-0.2, -0.15) is 0 Å². The largest absolute Gasteiger partial charge is 0.394 e. The molecule has 118 valence electrons. The second kappa shape index (κ2) is 5.18. The number of hydrogen-bond donors (Lipinski definition) is 4. The van der Waals surface area contributed by atoms with Crippen molar-refractivity contribution in [3.63, 3.8) is 0 Å². The summed E-state index contributed by atoms with van der Waals surface area (Å²) in [4.78, 5) is 12.3. The molecule has 0 aromatic carbocycles. The van der Waals surface area contributed by atoms with Crippen molar-refractivity contribution in [1.29, 1.82) is 0 Å². The molecule has 1 aliphatic rings. The Labute approximate surface area is 130 Å². The zero-order chi connectivity index (χ0) is 16.1. The minimum atomic E-state index is -1.63. The number of nitrogens with two attached hydrogens (primary N) is 1. The first-order chi connectivity index (χ1) is 10.4. The zero-order valence-corrected chi connectivity index (χ0v) is 12.4. The first-order valence-corrected chi connectivity index (χ1v) is 6.92. The molecule has 2 unspecified atom stereocenters. The second-order valence-electron chi connectivity index (χ2n) is 5.29. The lowest BCUT2D eigenvalue weighted by atomic mass is 9.96. The number of hydrogen-bond acceptors (Lipinski definition) is 8. The van der Waals surface area contributed by atoms with Crippen molar-refractivity contribution in [1.82, 2.24) is 19.5 Å². The Kier molecular flexibility index (Phi) is 3.57. The van der Waals surface area contributed by atoms with Crippen LogP contribution in [-0.2, 0) is 4.74 Å². The van der Waals surface area contributed by atoms with Crippen LogP contribution in [0.5, 0.6) is 0 Å². The maximum Gasteiger partial charge on any atom is 0.168 e. The minimum Gasteiger partial charge on any atom is -0.394 e. The maximum atomic E-state index is 10.5. The van der Waals surface area contributed by atoms with Crippen LogP contribution in [0.4, 0.5) is 0 Å². The van der Waals surface area contributed by atoms with Crippen molar-refractivity contribution < 1.29 is 20.1 Å². The van der Waals surface area contributed by atoms with Crippen LogP contribution in [-0.4, -0.2) is 64.2 Å². The van der Waals surface area contributed by atoms with Crippen molar-refractivity contribution in [2.24, 2.45) is 5.73 Å². The average molecular weight is 325 g/mol. The van der Waals surface area contributed by atoms with Crippen LogP contribution in [0.1, 0.15) is 18.8 Å². The van der Waals surface area contributed by atoms with Gasteiger partial charge in [0.2, 0.25) is 0 Å². The van der Waals surface area contributed by atoms with E-state index in [0.717, 1.165) is 0 Å². The van der Waals surface area contributed by atoms with Gasteiger partial charge in [-0.3, -0.25) is 4.57 Å². The van der Waals surface area contributed by atoms with Gasteiger partial charge in [0.25, 0.3) is 0 Å². The van der Waals surface area contributed by atoms with Crippen molar-refractivity contribution in [2.45, 2.75) is 31.0 Å². The molecule has 2 aromatic rings.